The fourth-order valence-electron chi connectivity index (χ4n) is 2.33. The summed E-state index contributed by atoms with van der Waals surface area (Å²) in [5, 5.41) is 0.576. The molecule has 1 aliphatic carbocycles. The molecule has 1 aromatic carbocycles. The van der Waals surface area contributed by atoms with Crippen molar-refractivity contribution in [1.29, 1.82) is 0 Å². The average Bonchev–Trinajstić information content (AvgIpc) is 3.21. The predicted octanol–water partition coefficient (Wildman–Crippen LogP) is 3.57. The molecule has 112 valence electrons. The van der Waals surface area contributed by atoms with Crippen LogP contribution in [0.3, 0.4) is 0 Å². The Morgan fingerprint density at radius 2 is 2.24 bits per heavy atom. The molecule has 2 aromatic rings. The lowest BCUT2D eigenvalue weighted by Gasteiger charge is -2.21. The molecule has 0 spiro atoms. The topological polar surface area (TPSA) is 46.3 Å². The Kier molecular flexibility index (Phi) is 4.48. The van der Waals surface area contributed by atoms with Gasteiger partial charge < -0.3 is 9.32 Å². The van der Waals surface area contributed by atoms with Crippen LogP contribution >= 0.6 is 11.8 Å². The number of carbonyl (C=O) groups excluding carboxylic acids is 1. The van der Waals surface area contributed by atoms with E-state index in [1.54, 1.807) is 0 Å². The van der Waals surface area contributed by atoms with Gasteiger partial charge in [-0.25, -0.2) is 4.98 Å². The summed E-state index contributed by atoms with van der Waals surface area (Å²) < 4.78 is 5.63. The van der Waals surface area contributed by atoms with Crippen LogP contribution in [0.4, 0.5) is 0 Å². The van der Waals surface area contributed by atoms with Crippen molar-refractivity contribution in [3.63, 3.8) is 0 Å². The first-order chi connectivity index (χ1) is 10.3. The monoisotopic (exact) mass is 304 g/mol. The van der Waals surface area contributed by atoms with E-state index in [4.69, 9.17) is 4.42 Å². The third kappa shape index (κ3) is 3.79. The number of para-hydroxylation sites is 2. The lowest BCUT2D eigenvalue weighted by atomic mass is 10.3. The largest absolute Gasteiger partial charge is 0.431 e. The van der Waals surface area contributed by atoms with E-state index in [0.717, 1.165) is 36.5 Å². The van der Waals surface area contributed by atoms with Crippen LogP contribution in [0.2, 0.25) is 0 Å². The first kappa shape index (κ1) is 14.4. The summed E-state index contributed by atoms with van der Waals surface area (Å²) in [6.45, 7) is 3.88. The normalized spacial score (nSPS) is 14.5. The molecule has 1 aromatic heterocycles. The Hall–Kier alpha value is -1.49. The van der Waals surface area contributed by atoms with Crippen molar-refractivity contribution in [1.82, 2.24) is 9.88 Å². The van der Waals surface area contributed by atoms with Crippen molar-refractivity contribution in [3.8, 4) is 0 Å². The molecule has 1 aliphatic rings. The van der Waals surface area contributed by atoms with Crippen molar-refractivity contribution < 1.29 is 9.21 Å². The highest BCUT2D eigenvalue weighted by Gasteiger charge is 2.26. The minimum absolute atomic E-state index is 0.191. The van der Waals surface area contributed by atoms with Gasteiger partial charge in [-0.1, -0.05) is 30.8 Å². The zero-order valence-corrected chi connectivity index (χ0v) is 13.1. The SMILES string of the molecule is CCCN(CC1CC1)C(=O)CSc1nc2ccccc2o1. The molecule has 1 fully saturated rings. The molecule has 0 atom stereocenters. The van der Waals surface area contributed by atoms with Crippen LogP contribution in [-0.2, 0) is 4.79 Å². The van der Waals surface area contributed by atoms with E-state index in [-0.39, 0.29) is 5.91 Å². The van der Waals surface area contributed by atoms with E-state index < -0.39 is 0 Å². The maximum Gasteiger partial charge on any atom is 0.257 e. The minimum Gasteiger partial charge on any atom is -0.431 e. The van der Waals surface area contributed by atoms with Gasteiger partial charge in [-0.3, -0.25) is 4.79 Å². The van der Waals surface area contributed by atoms with Gasteiger partial charge in [-0.05, 0) is 37.3 Å². The van der Waals surface area contributed by atoms with E-state index in [0.29, 0.717) is 11.0 Å². The Balaban J connectivity index is 1.58. The second-order valence-corrected chi connectivity index (χ2v) is 6.45. The number of fused-ring (bicyclic) bond motifs is 1. The number of hydrogen-bond donors (Lipinski definition) is 0. The summed E-state index contributed by atoms with van der Waals surface area (Å²) in [5.74, 6) is 1.32. The highest BCUT2D eigenvalue weighted by molar-refractivity contribution is 7.99. The zero-order valence-electron chi connectivity index (χ0n) is 12.2. The van der Waals surface area contributed by atoms with Crippen LogP contribution in [0.1, 0.15) is 26.2 Å². The van der Waals surface area contributed by atoms with Crippen molar-refractivity contribution >= 4 is 28.8 Å². The number of hydrogen-bond acceptors (Lipinski definition) is 4. The van der Waals surface area contributed by atoms with Crippen LogP contribution in [-0.4, -0.2) is 34.6 Å². The Morgan fingerprint density at radius 3 is 2.95 bits per heavy atom. The number of carbonyl (C=O) groups is 1. The molecule has 0 unspecified atom stereocenters. The molecule has 5 heteroatoms. The molecule has 0 aliphatic heterocycles. The average molecular weight is 304 g/mol. The summed E-state index contributed by atoms with van der Waals surface area (Å²) >= 11 is 1.39. The minimum atomic E-state index is 0.191. The number of aromatic nitrogens is 1. The Labute approximate surface area is 128 Å². The summed E-state index contributed by atoms with van der Waals surface area (Å²) in [5.41, 5.74) is 1.62. The number of rotatable bonds is 7. The van der Waals surface area contributed by atoms with Crippen LogP contribution in [0.25, 0.3) is 11.1 Å². The molecule has 0 bridgehead atoms. The number of nitrogens with zero attached hydrogens (tertiary/aromatic N) is 2. The molecule has 0 radical (unpaired) electrons. The van der Waals surface area contributed by atoms with Crippen molar-refractivity contribution in [2.75, 3.05) is 18.8 Å². The third-order valence-electron chi connectivity index (χ3n) is 3.62. The second kappa shape index (κ2) is 6.52. The Morgan fingerprint density at radius 1 is 1.43 bits per heavy atom. The summed E-state index contributed by atoms with van der Waals surface area (Å²) in [7, 11) is 0. The van der Waals surface area contributed by atoms with Gasteiger partial charge in [0.05, 0.1) is 5.75 Å². The standard InChI is InChI=1S/C16H20N2O2S/c1-2-9-18(10-12-7-8-12)15(19)11-21-16-17-13-5-3-4-6-14(13)20-16/h3-6,12H,2,7-11H2,1H3. The molecule has 1 saturated carbocycles. The van der Waals surface area contributed by atoms with E-state index in [2.05, 4.69) is 11.9 Å². The van der Waals surface area contributed by atoms with Gasteiger partial charge in [0.2, 0.25) is 5.91 Å². The molecule has 0 N–H and O–H groups in total. The van der Waals surface area contributed by atoms with Crippen molar-refractivity contribution in [3.05, 3.63) is 24.3 Å². The Bertz CT molecular complexity index is 589. The van der Waals surface area contributed by atoms with E-state index in [1.165, 1.54) is 24.6 Å². The smallest absolute Gasteiger partial charge is 0.257 e. The quantitative estimate of drug-likeness (QED) is 0.734. The van der Waals surface area contributed by atoms with E-state index >= 15 is 0 Å². The maximum absolute atomic E-state index is 12.3. The van der Waals surface area contributed by atoms with Crippen molar-refractivity contribution in [2.24, 2.45) is 5.92 Å². The summed E-state index contributed by atoms with van der Waals surface area (Å²) in [4.78, 5) is 18.7. The first-order valence-corrected chi connectivity index (χ1v) is 8.51. The van der Waals surface area contributed by atoms with Crippen molar-refractivity contribution in [2.45, 2.75) is 31.4 Å². The van der Waals surface area contributed by atoms with Gasteiger partial charge in [0.15, 0.2) is 5.58 Å². The second-order valence-electron chi connectivity index (χ2n) is 5.52. The molecule has 0 saturated heterocycles. The fraction of sp³-hybridized carbons (Fsp3) is 0.500. The lowest BCUT2D eigenvalue weighted by molar-refractivity contribution is -0.128. The van der Waals surface area contributed by atoms with Gasteiger partial charge in [0.1, 0.15) is 5.52 Å². The molecular weight excluding hydrogens is 284 g/mol. The predicted molar refractivity (Wildman–Crippen MR) is 84.3 cm³/mol. The number of amides is 1. The highest BCUT2D eigenvalue weighted by Crippen LogP contribution is 2.30. The third-order valence-corrected chi connectivity index (χ3v) is 4.43. The fourth-order valence-corrected chi connectivity index (χ4v) is 3.07. The van der Waals surface area contributed by atoms with Crippen LogP contribution < -0.4 is 0 Å². The molecule has 1 heterocycles. The molecular formula is C16H20N2O2S. The van der Waals surface area contributed by atoms with Gasteiger partial charge in [-0.15, -0.1) is 0 Å². The molecule has 3 rings (SSSR count). The number of thioether (sulfide) groups is 1. The summed E-state index contributed by atoms with van der Waals surface area (Å²) in [6.07, 6.45) is 3.55. The number of oxazole rings is 1. The van der Waals surface area contributed by atoms with Gasteiger partial charge in [0, 0.05) is 13.1 Å². The van der Waals surface area contributed by atoms with Gasteiger partial charge >= 0.3 is 0 Å². The first-order valence-electron chi connectivity index (χ1n) is 7.52. The maximum atomic E-state index is 12.3. The van der Waals surface area contributed by atoms with Gasteiger partial charge in [-0.2, -0.15) is 0 Å². The molecule has 21 heavy (non-hydrogen) atoms. The number of benzene rings is 1. The highest BCUT2D eigenvalue weighted by atomic mass is 32.2. The summed E-state index contributed by atoms with van der Waals surface area (Å²) in [6, 6.07) is 7.67. The van der Waals surface area contributed by atoms with E-state index in [9.17, 15) is 4.79 Å². The van der Waals surface area contributed by atoms with Crippen LogP contribution in [0.15, 0.2) is 33.9 Å². The molecule has 4 nitrogen and oxygen atoms in total. The zero-order chi connectivity index (χ0) is 14.7. The van der Waals surface area contributed by atoms with E-state index in [1.807, 2.05) is 29.2 Å². The van der Waals surface area contributed by atoms with Crippen LogP contribution in [0.5, 0.6) is 0 Å². The van der Waals surface area contributed by atoms with Gasteiger partial charge in [0.25, 0.3) is 5.22 Å². The van der Waals surface area contributed by atoms with Crippen LogP contribution in [0, 0.1) is 5.92 Å². The lowest BCUT2D eigenvalue weighted by Crippen LogP contribution is -2.34. The molecule has 1 amide bonds.